The summed E-state index contributed by atoms with van der Waals surface area (Å²) in [7, 11) is 0. The number of H-pyrrole nitrogens is 1. The Kier molecular flexibility index (Phi) is 5.68. The van der Waals surface area contributed by atoms with Crippen LogP contribution in [0.3, 0.4) is 0 Å². The first-order valence-corrected chi connectivity index (χ1v) is 3.97. The monoisotopic (exact) mass is 296 g/mol. The largest absolute Gasteiger partial charge is 0.481 e. The topological polar surface area (TPSA) is 66.0 Å². The molecule has 0 spiro atoms. The lowest BCUT2D eigenvalue weighted by Gasteiger charge is -2.06. The highest BCUT2D eigenvalue weighted by molar-refractivity contribution is 14.0. The molecular weight excluding hydrogens is 283 g/mol. The van der Waals surface area contributed by atoms with Crippen molar-refractivity contribution in [3.05, 3.63) is 18.2 Å². The molecule has 5 heteroatoms. The van der Waals surface area contributed by atoms with Crippen LogP contribution in [0.2, 0.25) is 0 Å². The van der Waals surface area contributed by atoms with E-state index in [-0.39, 0.29) is 24.0 Å². The molecule has 1 unspecified atom stereocenters. The van der Waals surface area contributed by atoms with Crippen molar-refractivity contribution in [2.24, 2.45) is 0 Å². The molecule has 0 saturated heterocycles. The van der Waals surface area contributed by atoms with Crippen molar-refractivity contribution in [2.75, 3.05) is 0 Å². The lowest BCUT2D eigenvalue weighted by molar-refractivity contribution is -0.139. The summed E-state index contributed by atoms with van der Waals surface area (Å²) in [5.41, 5.74) is 0. The molecule has 1 aromatic rings. The first-order valence-electron chi connectivity index (χ1n) is 3.97. The number of aliphatic carboxylic acids is 1. The Balaban J connectivity index is 0.00000144. The number of hydrogen-bond donors (Lipinski definition) is 2. The van der Waals surface area contributed by atoms with Gasteiger partial charge in [0.1, 0.15) is 11.7 Å². The van der Waals surface area contributed by atoms with Gasteiger partial charge in [-0.15, -0.1) is 24.0 Å². The van der Waals surface area contributed by atoms with Crippen molar-refractivity contribution in [3.63, 3.8) is 0 Å². The van der Waals surface area contributed by atoms with Gasteiger partial charge < -0.3 is 10.1 Å². The summed E-state index contributed by atoms with van der Waals surface area (Å²) in [5.74, 6) is -0.749. The number of aromatic nitrogens is 2. The molecular formula is C8H13IN2O2. The molecule has 0 fully saturated rings. The van der Waals surface area contributed by atoms with Crippen LogP contribution >= 0.6 is 24.0 Å². The number of aromatic amines is 1. The number of nitrogens with one attached hydrogen (secondary N) is 1. The van der Waals surface area contributed by atoms with E-state index in [9.17, 15) is 4.79 Å². The third-order valence-corrected chi connectivity index (χ3v) is 1.72. The highest BCUT2D eigenvalue weighted by atomic mass is 127. The highest BCUT2D eigenvalue weighted by Crippen LogP contribution is 2.17. The maximum Gasteiger partial charge on any atom is 0.314 e. The van der Waals surface area contributed by atoms with Crippen LogP contribution in [0.4, 0.5) is 0 Å². The summed E-state index contributed by atoms with van der Waals surface area (Å²) >= 11 is 0. The Morgan fingerprint density at radius 1 is 1.77 bits per heavy atom. The molecule has 0 amide bonds. The van der Waals surface area contributed by atoms with E-state index in [1.54, 1.807) is 12.4 Å². The molecule has 74 valence electrons. The third kappa shape index (κ3) is 3.33. The zero-order chi connectivity index (χ0) is 8.97. The van der Waals surface area contributed by atoms with Crippen LogP contribution in [0.5, 0.6) is 0 Å². The van der Waals surface area contributed by atoms with Crippen LogP contribution in [0.15, 0.2) is 12.4 Å². The normalized spacial score (nSPS) is 11.8. The van der Waals surface area contributed by atoms with Gasteiger partial charge in [-0.25, -0.2) is 4.98 Å². The van der Waals surface area contributed by atoms with Crippen LogP contribution in [0.25, 0.3) is 0 Å². The van der Waals surface area contributed by atoms with Gasteiger partial charge >= 0.3 is 5.97 Å². The lowest BCUT2D eigenvalue weighted by Crippen LogP contribution is -2.12. The first-order chi connectivity index (χ1) is 5.75. The zero-order valence-electron chi connectivity index (χ0n) is 7.36. The minimum Gasteiger partial charge on any atom is -0.481 e. The van der Waals surface area contributed by atoms with E-state index in [1.165, 1.54) is 0 Å². The summed E-state index contributed by atoms with van der Waals surface area (Å²) in [6.45, 7) is 1.96. The highest BCUT2D eigenvalue weighted by Gasteiger charge is 2.20. The second-order valence-electron chi connectivity index (χ2n) is 2.65. The van der Waals surface area contributed by atoms with Gasteiger partial charge in [-0.05, 0) is 6.42 Å². The number of hydrogen-bond acceptors (Lipinski definition) is 2. The van der Waals surface area contributed by atoms with E-state index in [0.29, 0.717) is 12.2 Å². The fourth-order valence-corrected chi connectivity index (χ4v) is 1.13. The SMILES string of the molecule is CCCC(C(=O)O)c1ncc[nH]1.I. The molecule has 0 aromatic carbocycles. The van der Waals surface area contributed by atoms with E-state index >= 15 is 0 Å². The van der Waals surface area contributed by atoms with Crippen molar-refractivity contribution >= 4 is 29.9 Å². The molecule has 1 heterocycles. The Labute approximate surface area is 93.8 Å². The van der Waals surface area contributed by atoms with Crippen molar-refractivity contribution in [3.8, 4) is 0 Å². The minimum absolute atomic E-state index is 0. The van der Waals surface area contributed by atoms with Crippen LogP contribution < -0.4 is 0 Å². The van der Waals surface area contributed by atoms with E-state index in [0.717, 1.165) is 6.42 Å². The second-order valence-corrected chi connectivity index (χ2v) is 2.65. The molecule has 1 rings (SSSR count). The number of imidazole rings is 1. The van der Waals surface area contributed by atoms with Crippen LogP contribution in [-0.4, -0.2) is 21.0 Å². The van der Waals surface area contributed by atoms with Crippen LogP contribution in [0, 0.1) is 0 Å². The van der Waals surface area contributed by atoms with Crippen LogP contribution in [-0.2, 0) is 4.79 Å². The van der Waals surface area contributed by atoms with Gasteiger partial charge in [0.2, 0.25) is 0 Å². The van der Waals surface area contributed by atoms with Gasteiger partial charge in [-0.3, -0.25) is 4.79 Å². The van der Waals surface area contributed by atoms with Gasteiger partial charge in [-0.1, -0.05) is 13.3 Å². The Hall–Kier alpha value is -0.590. The molecule has 0 aliphatic carbocycles. The lowest BCUT2D eigenvalue weighted by atomic mass is 10.0. The number of rotatable bonds is 4. The molecule has 1 atom stereocenters. The molecule has 1 aromatic heterocycles. The van der Waals surface area contributed by atoms with Crippen molar-refractivity contribution < 1.29 is 9.90 Å². The standard InChI is InChI=1S/C8H12N2O2.HI/c1-2-3-6(8(11)12)7-9-4-5-10-7;/h4-6H,2-3H2,1H3,(H,9,10)(H,11,12);1H. The molecule has 0 bridgehead atoms. The van der Waals surface area contributed by atoms with Gasteiger partial charge in [0.25, 0.3) is 0 Å². The summed E-state index contributed by atoms with van der Waals surface area (Å²) in [6, 6.07) is 0. The van der Waals surface area contributed by atoms with E-state index < -0.39 is 11.9 Å². The Bertz CT molecular complexity index is 249. The predicted molar refractivity (Wildman–Crippen MR) is 59.3 cm³/mol. The van der Waals surface area contributed by atoms with Crippen molar-refractivity contribution in [1.29, 1.82) is 0 Å². The summed E-state index contributed by atoms with van der Waals surface area (Å²) < 4.78 is 0. The smallest absolute Gasteiger partial charge is 0.314 e. The maximum atomic E-state index is 10.7. The van der Waals surface area contributed by atoms with Crippen LogP contribution in [0.1, 0.15) is 31.5 Å². The fourth-order valence-electron chi connectivity index (χ4n) is 1.13. The Morgan fingerprint density at radius 2 is 2.46 bits per heavy atom. The maximum absolute atomic E-state index is 10.7. The molecule has 13 heavy (non-hydrogen) atoms. The average molecular weight is 296 g/mol. The number of carboxylic acids is 1. The van der Waals surface area contributed by atoms with Crippen molar-refractivity contribution in [1.82, 2.24) is 9.97 Å². The molecule has 0 aliphatic heterocycles. The number of nitrogens with zero attached hydrogens (tertiary/aromatic N) is 1. The number of carbonyl (C=O) groups is 1. The summed E-state index contributed by atoms with van der Waals surface area (Å²) in [5, 5.41) is 8.82. The molecule has 4 nitrogen and oxygen atoms in total. The third-order valence-electron chi connectivity index (χ3n) is 1.72. The Morgan fingerprint density at radius 3 is 2.85 bits per heavy atom. The summed E-state index contributed by atoms with van der Waals surface area (Å²) in [4.78, 5) is 17.5. The molecule has 0 radical (unpaired) electrons. The van der Waals surface area contributed by atoms with Gasteiger partial charge in [-0.2, -0.15) is 0 Å². The van der Waals surface area contributed by atoms with Gasteiger partial charge in [0.15, 0.2) is 0 Å². The number of carboxylic acid groups (broad SMARTS) is 1. The quantitative estimate of drug-likeness (QED) is 0.835. The van der Waals surface area contributed by atoms with E-state index in [2.05, 4.69) is 9.97 Å². The van der Waals surface area contributed by atoms with E-state index in [4.69, 9.17) is 5.11 Å². The molecule has 2 N–H and O–H groups in total. The first kappa shape index (κ1) is 12.4. The predicted octanol–water partition coefficient (Wildman–Crippen LogP) is 2.00. The van der Waals surface area contributed by atoms with Gasteiger partial charge in [0.05, 0.1) is 0 Å². The fraction of sp³-hybridized carbons (Fsp3) is 0.500. The minimum atomic E-state index is -0.813. The summed E-state index contributed by atoms with van der Waals surface area (Å²) in [6.07, 6.45) is 4.68. The average Bonchev–Trinajstić information content (AvgIpc) is 2.51. The number of halogens is 1. The molecule has 0 saturated carbocycles. The van der Waals surface area contributed by atoms with E-state index in [1.807, 2.05) is 6.92 Å². The van der Waals surface area contributed by atoms with Crippen molar-refractivity contribution in [2.45, 2.75) is 25.7 Å². The van der Waals surface area contributed by atoms with Gasteiger partial charge in [0, 0.05) is 12.4 Å². The second kappa shape index (κ2) is 5.95. The molecule has 0 aliphatic rings. The zero-order valence-corrected chi connectivity index (χ0v) is 9.69.